The van der Waals surface area contributed by atoms with E-state index in [0.29, 0.717) is 26.6 Å². The largest absolute Gasteiger partial charge is 0.325 e. The molecule has 1 amide bonds. The zero-order chi connectivity index (χ0) is 18.7. The molecule has 0 aliphatic carbocycles. The molecular weight excluding hydrogens is 391 g/mol. The fraction of sp³-hybridized carbons (Fsp3) is 0.167. The number of amides is 1. The highest BCUT2D eigenvalue weighted by Gasteiger charge is 2.13. The van der Waals surface area contributed by atoms with Crippen molar-refractivity contribution in [2.24, 2.45) is 0 Å². The van der Waals surface area contributed by atoms with Crippen LogP contribution in [0.25, 0.3) is 11.4 Å². The topological polar surface area (TPSA) is 70.7 Å². The highest BCUT2D eigenvalue weighted by atomic mass is 35.5. The molecule has 3 aromatic rings. The molecule has 0 saturated carbocycles. The van der Waals surface area contributed by atoms with Gasteiger partial charge in [-0.3, -0.25) is 9.89 Å². The minimum atomic E-state index is -0.112. The molecule has 5 nitrogen and oxygen atoms in total. The number of nitrogens with zero attached hydrogens (tertiary/aromatic N) is 2. The van der Waals surface area contributed by atoms with E-state index < -0.39 is 0 Å². The predicted molar refractivity (Wildman–Crippen MR) is 107 cm³/mol. The third-order valence-electron chi connectivity index (χ3n) is 3.73. The number of halogens is 2. The lowest BCUT2D eigenvalue weighted by molar-refractivity contribution is -0.113. The molecule has 0 spiro atoms. The van der Waals surface area contributed by atoms with Gasteiger partial charge in [0.25, 0.3) is 0 Å². The Bertz CT molecular complexity index is 938. The maximum Gasteiger partial charge on any atom is 0.234 e. The van der Waals surface area contributed by atoms with Crippen molar-refractivity contribution in [3.63, 3.8) is 0 Å². The first-order valence-electron chi connectivity index (χ1n) is 7.80. The first-order valence-corrected chi connectivity index (χ1v) is 9.55. The number of hydrogen-bond acceptors (Lipinski definition) is 4. The third kappa shape index (κ3) is 4.38. The Balaban J connectivity index is 1.65. The number of anilines is 1. The summed E-state index contributed by atoms with van der Waals surface area (Å²) in [6, 6.07) is 11.0. The third-order valence-corrected chi connectivity index (χ3v) is 5.14. The van der Waals surface area contributed by atoms with E-state index in [1.54, 1.807) is 18.2 Å². The molecule has 0 saturated heterocycles. The van der Waals surface area contributed by atoms with Crippen LogP contribution in [0.4, 0.5) is 5.69 Å². The van der Waals surface area contributed by atoms with Crippen LogP contribution in [0.1, 0.15) is 11.1 Å². The van der Waals surface area contributed by atoms with Gasteiger partial charge < -0.3 is 5.32 Å². The number of hydrogen-bond donors (Lipinski definition) is 2. The van der Waals surface area contributed by atoms with Crippen LogP contribution in [0.15, 0.2) is 41.6 Å². The van der Waals surface area contributed by atoms with Gasteiger partial charge in [-0.05, 0) is 43.2 Å². The average molecular weight is 407 g/mol. The fourth-order valence-electron chi connectivity index (χ4n) is 2.43. The summed E-state index contributed by atoms with van der Waals surface area (Å²) in [6.45, 7) is 3.93. The number of rotatable bonds is 5. The molecule has 0 fully saturated rings. The van der Waals surface area contributed by atoms with Crippen LogP contribution in [0.3, 0.4) is 0 Å². The van der Waals surface area contributed by atoms with Crippen molar-refractivity contribution in [2.75, 3.05) is 11.1 Å². The Morgan fingerprint density at radius 1 is 1.19 bits per heavy atom. The van der Waals surface area contributed by atoms with Gasteiger partial charge in [0, 0.05) is 16.3 Å². The molecule has 0 unspecified atom stereocenters. The summed E-state index contributed by atoms with van der Waals surface area (Å²) in [5, 5.41) is 11.4. The van der Waals surface area contributed by atoms with Crippen LogP contribution >= 0.6 is 35.0 Å². The number of aromatic nitrogens is 3. The van der Waals surface area contributed by atoms with E-state index in [2.05, 4.69) is 20.5 Å². The Morgan fingerprint density at radius 2 is 1.92 bits per heavy atom. The molecular formula is C18H16Cl2N4OS. The molecule has 2 N–H and O–H groups in total. The summed E-state index contributed by atoms with van der Waals surface area (Å²) >= 11 is 13.4. The van der Waals surface area contributed by atoms with E-state index in [9.17, 15) is 4.79 Å². The summed E-state index contributed by atoms with van der Waals surface area (Å²) in [7, 11) is 0. The number of aryl methyl sites for hydroxylation is 2. The molecule has 0 bridgehead atoms. The monoisotopic (exact) mass is 406 g/mol. The number of H-pyrrole nitrogens is 1. The highest BCUT2D eigenvalue weighted by molar-refractivity contribution is 7.99. The summed E-state index contributed by atoms with van der Waals surface area (Å²) in [6.07, 6.45) is 0. The van der Waals surface area contributed by atoms with Crippen LogP contribution in [0, 0.1) is 13.8 Å². The molecule has 2 aromatic carbocycles. The average Bonchev–Trinajstić information content (AvgIpc) is 3.07. The van der Waals surface area contributed by atoms with Crippen LogP contribution in [-0.4, -0.2) is 26.8 Å². The van der Waals surface area contributed by atoms with E-state index in [1.807, 2.05) is 32.0 Å². The smallest absolute Gasteiger partial charge is 0.234 e. The first-order chi connectivity index (χ1) is 12.4. The van der Waals surface area contributed by atoms with E-state index >= 15 is 0 Å². The number of nitrogens with one attached hydrogen (secondary N) is 2. The molecule has 134 valence electrons. The summed E-state index contributed by atoms with van der Waals surface area (Å²) < 4.78 is 0. The molecule has 1 aromatic heterocycles. The lowest BCUT2D eigenvalue weighted by Gasteiger charge is -2.10. The zero-order valence-corrected chi connectivity index (χ0v) is 16.5. The second-order valence-corrected chi connectivity index (χ2v) is 7.48. The molecule has 0 aliphatic heterocycles. The van der Waals surface area contributed by atoms with Gasteiger partial charge in [0.05, 0.1) is 10.8 Å². The molecule has 1 heterocycles. The van der Waals surface area contributed by atoms with Crippen molar-refractivity contribution in [1.29, 1.82) is 0 Å². The quantitative estimate of drug-likeness (QED) is 0.576. The standard InChI is InChI=1S/C18H16Cl2N4OS/c1-10-4-3-5-11(2)16(10)21-15(25)9-26-18-22-17(23-24-18)13-8-12(19)6-7-14(13)20/h3-8H,9H2,1-2H3,(H,21,25)(H,22,23,24). The second-order valence-electron chi connectivity index (χ2n) is 5.69. The lowest BCUT2D eigenvalue weighted by Crippen LogP contribution is -2.15. The Kier molecular flexibility index (Phi) is 5.86. The zero-order valence-electron chi connectivity index (χ0n) is 14.1. The van der Waals surface area contributed by atoms with Gasteiger partial charge in [-0.2, -0.15) is 0 Å². The molecule has 8 heteroatoms. The summed E-state index contributed by atoms with van der Waals surface area (Å²) in [5.41, 5.74) is 3.57. The van der Waals surface area contributed by atoms with Gasteiger partial charge >= 0.3 is 0 Å². The van der Waals surface area contributed by atoms with Crippen molar-refractivity contribution >= 4 is 46.6 Å². The predicted octanol–water partition coefficient (Wildman–Crippen LogP) is 5.13. The maximum absolute atomic E-state index is 12.2. The number of thioether (sulfide) groups is 1. The Morgan fingerprint density at radius 3 is 2.65 bits per heavy atom. The Labute approximate surface area is 165 Å². The van der Waals surface area contributed by atoms with Crippen molar-refractivity contribution < 1.29 is 4.79 Å². The number of carbonyl (C=O) groups excluding carboxylic acids is 1. The minimum Gasteiger partial charge on any atom is -0.325 e. The number of benzene rings is 2. The van der Waals surface area contributed by atoms with Crippen molar-refractivity contribution in [3.8, 4) is 11.4 Å². The normalized spacial score (nSPS) is 10.8. The highest BCUT2D eigenvalue weighted by Crippen LogP contribution is 2.29. The van der Waals surface area contributed by atoms with Crippen molar-refractivity contribution in [1.82, 2.24) is 15.2 Å². The van der Waals surface area contributed by atoms with E-state index in [4.69, 9.17) is 23.2 Å². The lowest BCUT2D eigenvalue weighted by atomic mass is 10.1. The van der Waals surface area contributed by atoms with Gasteiger partial charge in [0.15, 0.2) is 5.82 Å². The number of aromatic amines is 1. The van der Waals surface area contributed by atoms with Crippen LogP contribution in [0.2, 0.25) is 10.0 Å². The van der Waals surface area contributed by atoms with Crippen molar-refractivity contribution in [2.45, 2.75) is 19.0 Å². The van der Waals surface area contributed by atoms with Gasteiger partial charge in [-0.1, -0.05) is 53.2 Å². The van der Waals surface area contributed by atoms with Crippen molar-refractivity contribution in [3.05, 3.63) is 57.6 Å². The van der Waals surface area contributed by atoms with Crippen LogP contribution in [0.5, 0.6) is 0 Å². The van der Waals surface area contributed by atoms with Gasteiger partial charge in [-0.15, -0.1) is 5.10 Å². The first kappa shape index (κ1) is 18.8. The van der Waals surface area contributed by atoms with E-state index in [-0.39, 0.29) is 11.7 Å². The number of para-hydroxylation sites is 1. The summed E-state index contributed by atoms with van der Waals surface area (Å²) in [5.74, 6) is 0.601. The fourth-order valence-corrected chi connectivity index (χ4v) is 3.41. The molecule has 0 radical (unpaired) electrons. The Hall–Kier alpha value is -2.02. The maximum atomic E-state index is 12.2. The second kappa shape index (κ2) is 8.12. The summed E-state index contributed by atoms with van der Waals surface area (Å²) in [4.78, 5) is 16.6. The van der Waals surface area contributed by atoms with Crippen LogP contribution < -0.4 is 5.32 Å². The SMILES string of the molecule is Cc1cccc(C)c1NC(=O)CSc1n[nH]c(-c2cc(Cl)ccc2Cl)n1. The van der Waals surface area contributed by atoms with Gasteiger partial charge in [0.1, 0.15) is 0 Å². The molecule has 0 aliphatic rings. The molecule has 3 rings (SSSR count). The number of carbonyl (C=O) groups is 1. The van der Waals surface area contributed by atoms with Gasteiger partial charge in [0.2, 0.25) is 11.1 Å². The van der Waals surface area contributed by atoms with Crippen LogP contribution in [-0.2, 0) is 4.79 Å². The molecule has 0 atom stereocenters. The van der Waals surface area contributed by atoms with Gasteiger partial charge in [-0.25, -0.2) is 4.98 Å². The van der Waals surface area contributed by atoms with E-state index in [0.717, 1.165) is 16.8 Å². The molecule has 26 heavy (non-hydrogen) atoms. The minimum absolute atomic E-state index is 0.112. The van der Waals surface area contributed by atoms with E-state index in [1.165, 1.54) is 11.8 Å².